The third-order valence-corrected chi connectivity index (χ3v) is 9.16. The molecular formula is C31H43F2N3O4. The number of hydrogen-bond donors (Lipinski definition) is 1. The molecule has 1 aliphatic heterocycles. The van der Waals surface area contributed by atoms with Crippen LogP contribution in [0, 0.1) is 5.92 Å². The second-order valence-corrected chi connectivity index (χ2v) is 13.8. The lowest BCUT2D eigenvalue weighted by atomic mass is 9.81. The fourth-order valence-corrected chi connectivity index (χ4v) is 6.68. The Morgan fingerprint density at radius 3 is 2.27 bits per heavy atom. The number of pyridine rings is 1. The van der Waals surface area contributed by atoms with Crippen LogP contribution in [0.3, 0.4) is 0 Å². The van der Waals surface area contributed by atoms with E-state index in [1.54, 1.807) is 11.0 Å². The molecule has 1 N–H and O–H groups in total. The highest BCUT2D eigenvalue weighted by molar-refractivity contribution is 5.96. The van der Waals surface area contributed by atoms with Crippen LogP contribution >= 0.6 is 0 Å². The summed E-state index contributed by atoms with van der Waals surface area (Å²) in [5, 5.41) is 9.81. The molecule has 220 valence electrons. The third kappa shape index (κ3) is 5.76. The van der Waals surface area contributed by atoms with Crippen LogP contribution in [0.2, 0.25) is 0 Å². The van der Waals surface area contributed by atoms with Crippen molar-refractivity contribution in [1.29, 1.82) is 0 Å². The van der Waals surface area contributed by atoms with Gasteiger partial charge in [0.15, 0.2) is 11.3 Å². The molecule has 3 heterocycles. The van der Waals surface area contributed by atoms with Crippen molar-refractivity contribution in [1.82, 2.24) is 14.8 Å². The predicted octanol–water partition coefficient (Wildman–Crippen LogP) is 6.03. The monoisotopic (exact) mass is 559 g/mol. The van der Waals surface area contributed by atoms with E-state index >= 15 is 0 Å². The minimum atomic E-state index is -2.61. The normalized spacial score (nSPS) is 25.8. The second kappa shape index (κ2) is 10.4. The van der Waals surface area contributed by atoms with Crippen LogP contribution in [0.5, 0.6) is 0 Å². The number of halogens is 2. The number of nitrogens with zero attached hydrogens (tertiary/aromatic N) is 3. The number of piperazine rings is 1. The number of amides is 2. The molecule has 0 aromatic carbocycles. The van der Waals surface area contributed by atoms with Crippen molar-refractivity contribution in [3.8, 4) is 0 Å². The first kappa shape index (κ1) is 29.0. The molecule has 2 aromatic rings. The zero-order valence-corrected chi connectivity index (χ0v) is 24.4. The molecule has 2 amide bonds. The molecule has 5 rings (SSSR count). The van der Waals surface area contributed by atoms with Crippen molar-refractivity contribution in [2.75, 3.05) is 19.6 Å². The number of fused-ring (bicyclic) bond motifs is 1. The van der Waals surface area contributed by atoms with Gasteiger partial charge >= 0.3 is 0 Å². The van der Waals surface area contributed by atoms with Crippen LogP contribution < -0.4 is 0 Å². The first-order valence-electron chi connectivity index (χ1n) is 14.8. The number of alkyl halides is 2. The van der Waals surface area contributed by atoms with Gasteiger partial charge in [0.1, 0.15) is 5.52 Å². The van der Waals surface area contributed by atoms with E-state index < -0.39 is 11.5 Å². The van der Waals surface area contributed by atoms with Crippen LogP contribution in [0.15, 0.2) is 16.5 Å². The molecule has 0 unspecified atom stereocenters. The highest BCUT2D eigenvalue weighted by Gasteiger charge is 2.42. The number of aliphatic hydroxyl groups is 1. The highest BCUT2D eigenvalue weighted by Crippen LogP contribution is 2.42. The van der Waals surface area contributed by atoms with Gasteiger partial charge in [0.25, 0.3) is 5.91 Å². The van der Waals surface area contributed by atoms with Crippen molar-refractivity contribution in [3.63, 3.8) is 0 Å². The van der Waals surface area contributed by atoms with Gasteiger partial charge in [0.2, 0.25) is 11.8 Å². The fourth-order valence-electron chi connectivity index (χ4n) is 6.68. The van der Waals surface area contributed by atoms with Gasteiger partial charge in [-0.25, -0.2) is 13.8 Å². The van der Waals surface area contributed by atoms with Crippen LogP contribution in [-0.4, -0.2) is 68.9 Å². The number of hydrogen-bond acceptors (Lipinski definition) is 5. The second-order valence-electron chi connectivity index (χ2n) is 13.8. The standard InChI is InChI=1S/C31H43F2N3O4/c1-29(2,3)22-16-23(19-10-12-31(32,33)13-11-19)34-24-17-25(40-26(22)24)28(39)36-15-14-35(18-30(36,4)5)27(38)20-6-8-21(37)9-7-20/h16-17,19-21,37H,6-15,18H2,1-5H3/t20-,21+. The Balaban J connectivity index is 1.37. The SMILES string of the molecule is CC(C)(C)c1cc(C2CCC(F)(F)CC2)nc2cc(C(=O)N3CCN(C(=O)[C@H]4CC[C@@H](O)CC4)CC3(C)C)oc12. The largest absolute Gasteiger partial charge is 0.449 e. The molecule has 9 heteroatoms. The molecule has 0 atom stereocenters. The number of aliphatic hydroxyl groups excluding tert-OH is 1. The van der Waals surface area contributed by atoms with Gasteiger partial charge in [-0.3, -0.25) is 9.59 Å². The van der Waals surface area contributed by atoms with Gasteiger partial charge in [-0.2, -0.15) is 0 Å². The minimum Gasteiger partial charge on any atom is -0.449 e. The molecule has 2 saturated carbocycles. The lowest BCUT2D eigenvalue weighted by Gasteiger charge is -2.47. The maximum atomic E-state index is 13.8. The van der Waals surface area contributed by atoms with Gasteiger partial charge in [-0.1, -0.05) is 20.8 Å². The van der Waals surface area contributed by atoms with Crippen molar-refractivity contribution in [2.24, 2.45) is 5.92 Å². The lowest BCUT2D eigenvalue weighted by Crippen LogP contribution is -2.62. The average molecular weight is 560 g/mol. The Labute approximate surface area is 235 Å². The summed E-state index contributed by atoms with van der Waals surface area (Å²) in [6, 6.07) is 3.67. The molecule has 2 aliphatic carbocycles. The number of carbonyl (C=O) groups excluding carboxylic acids is 2. The van der Waals surface area contributed by atoms with Crippen molar-refractivity contribution in [3.05, 3.63) is 29.2 Å². The molecule has 2 aromatic heterocycles. The summed E-state index contributed by atoms with van der Waals surface area (Å²) < 4.78 is 33.8. The van der Waals surface area contributed by atoms with Gasteiger partial charge in [0, 0.05) is 61.6 Å². The van der Waals surface area contributed by atoms with Gasteiger partial charge in [0.05, 0.1) is 11.6 Å². The molecule has 40 heavy (non-hydrogen) atoms. The van der Waals surface area contributed by atoms with Crippen LogP contribution in [0.1, 0.15) is 114 Å². The van der Waals surface area contributed by atoms with Gasteiger partial charge in [-0.05, 0) is 63.9 Å². The molecule has 7 nitrogen and oxygen atoms in total. The lowest BCUT2D eigenvalue weighted by molar-refractivity contribution is -0.141. The maximum Gasteiger partial charge on any atom is 0.290 e. The summed E-state index contributed by atoms with van der Waals surface area (Å²) in [5.41, 5.74) is 1.94. The summed E-state index contributed by atoms with van der Waals surface area (Å²) in [6.45, 7) is 11.4. The summed E-state index contributed by atoms with van der Waals surface area (Å²) in [4.78, 5) is 35.5. The summed E-state index contributed by atoms with van der Waals surface area (Å²) in [5.74, 6) is -2.64. The molecule has 0 radical (unpaired) electrons. The topological polar surface area (TPSA) is 86.9 Å². The van der Waals surface area contributed by atoms with Crippen LogP contribution in [-0.2, 0) is 10.2 Å². The molecule has 3 aliphatic rings. The van der Waals surface area contributed by atoms with E-state index in [2.05, 4.69) is 20.8 Å². The molecule has 3 fully saturated rings. The van der Waals surface area contributed by atoms with Crippen molar-refractivity contribution >= 4 is 22.9 Å². The Kier molecular flexibility index (Phi) is 7.51. The van der Waals surface area contributed by atoms with Crippen LogP contribution in [0.4, 0.5) is 8.78 Å². The molecular weight excluding hydrogens is 516 g/mol. The smallest absolute Gasteiger partial charge is 0.290 e. The Bertz CT molecular complexity index is 1260. The Morgan fingerprint density at radius 2 is 1.68 bits per heavy atom. The number of carbonyl (C=O) groups is 2. The zero-order valence-electron chi connectivity index (χ0n) is 24.4. The number of aromatic nitrogens is 1. The first-order chi connectivity index (χ1) is 18.6. The van der Waals surface area contributed by atoms with Crippen molar-refractivity contribution in [2.45, 2.75) is 115 Å². The number of rotatable bonds is 3. The van der Waals surface area contributed by atoms with E-state index in [4.69, 9.17) is 9.40 Å². The first-order valence-corrected chi connectivity index (χ1v) is 14.8. The van der Waals surface area contributed by atoms with E-state index in [-0.39, 0.29) is 53.8 Å². The summed E-state index contributed by atoms with van der Waals surface area (Å²) in [7, 11) is 0. The van der Waals surface area contributed by atoms with E-state index in [1.807, 2.05) is 24.8 Å². The fraction of sp³-hybridized carbons (Fsp3) is 0.710. The summed E-state index contributed by atoms with van der Waals surface area (Å²) >= 11 is 0. The summed E-state index contributed by atoms with van der Waals surface area (Å²) in [6.07, 6.45) is 2.91. The van der Waals surface area contributed by atoms with E-state index in [1.165, 1.54) is 0 Å². The van der Waals surface area contributed by atoms with Crippen molar-refractivity contribution < 1.29 is 27.9 Å². The molecule has 0 spiro atoms. The van der Waals surface area contributed by atoms with E-state index in [9.17, 15) is 23.5 Å². The van der Waals surface area contributed by atoms with Gasteiger partial charge in [-0.15, -0.1) is 0 Å². The predicted molar refractivity (Wildman–Crippen MR) is 149 cm³/mol. The third-order valence-electron chi connectivity index (χ3n) is 9.16. The zero-order chi connectivity index (χ0) is 29.0. The Morgan fingerprint density at radius 1 is 1.02 bits per heavy atom. The number of furan rings is 1. The molecule has 0 bridgehead atoms. The molecule has 1 saturated heterocycles. The Hall–Kier alpha value is -2.55. The highest BCUT2D eigenvalue weighted by atomic mass is 19.3. The minimum absolute atomic E-state index is 0.0452. The van der Waals surface area contributed by atoms with E-state index in [0.717, 1.165) is 11.3 Å². The quantitative estimate of drug-likeness (QED) is 0.496. The average Bonchev–Trinajstić information content (AvgIpc) is 3.31. The maximum absolute atomic E-state index is 13.8. The van der Waals surface area contributed by atoms with Gasteiger partial charge < -0.3 is 19.3 Å². The van der Waals surface area contributed by atoms with Crippen LogP contribution in [0.25, 0.3) is 11.1 Å². The van der Waals surface area contributed by atoms with E-state index in [0.29, 0.717) is 69.3 Å².